The summed E-state index contributed by atoms with van der Waals surface area (Å²) in [5.41, 5.74) is 3.43. The fourth-order valence-electron chi connectivity index (χ4n) is 8.93. The lowest BCUT2D eigenvalue weighted by atomic mass is 9.56. The second-order valence-corrected chi connectivity index (χ2v) is 12.1. The summed E-state index contributed by atoms with van der Waals surface area (Å²) in [7, 11) is 0. The van der Waals surface area contributed by atoms with Crippen molar-refractivity contribution in [3.8, 4) is 0 Å². The number of fused-ring (bicyclic) bond motifs is 6. The lowest BCUT2D eigenvalue weighted by Crippen LogP contribution is -2.49. The number of aliphatic hydroxyl groups excluding tert-OH is 1. The number of Topliss-reactive ketones (excluding diaryl/α,β-unsaturated/α-hetero) is 1. The third-order valence-corrected chi connectivity index (χ3v) is 10.6. The van der Waals surface area contributed by atoms with Gasteiger partial charge in [-0.3, -0.25) is 4.79 Å². The fourth-order valence-corrected chi connectivity index (χ4v) is 8.93. The maximum absolute atomic E-state index is 14.1. The van der Waals surface area contributed by atoms with E-state index < -0.39 is 0 Å². The molecule has 0 aromatic carbocycles. The maximum atomic E-state index is 14.1. The standard InChI is InChI=1S/C27H39NO3/c1-14-11-21-24(28-13-14)16(3)27(31-21)10-8-19-20-6-5-17-12-18(29)7-9-26(17,4)23(20)25(30)22(19)15(27)2/h5,14,16,18-21,23-24,28-29H,6-13H2,1-4H3/t14-,16-,18+,19-,20+,21-,23+,24-,26+,27-/m1/s1. The predicted molar refractivity (Wildman–Crippen MR) is 120 cm³/mol. The van der Waals surface area contributed by atoms with Crippen molar-refractivity contribution in [3.63, 3.8) is 0 Å². The summed E-state index contributed by atoms with van der Waals surface area (Å²) in [6.07, 6.45) is 9.23. The second kappa shape index (κ2) is 6.77. The molecule has 2 saturated carbocycles. The number of aliphatic hydroxyl groups is 1. The molecule has 2 aliphatic heterocycles. The van der Waals surface area contributed by atoms with Gasteiger partial charge in [0.25, 0.3) is 0 Å². The highest BCUT2D eigenvalue weighted by Crippen LogP contribution is 2.63. The molecule has 2 N–H and O–H groups in total. The molecule has 0 amide bonds. The molecule has 0 aromatic heterocycles. The monoisotopic (exact) mass is 425 g/mol. The molecule has 4 fully saturated rings. The molecule has 0 radical (unpaired) electrons. The van der Waals surface area contributed by atoms with Gasteiger partial charge in [-0.15, -0.1) is 0 Å². The van der Waals surface area contributed by atoms with Gasteiger partial charge >= 0.3 is 0 Å². The van der Waals surface area contributed by atoms with E-state index in [-0.39, 0.29) is 29.1 Å². The van der Waals surface area contributed by atoms with Gasteiger partial charge in [-0.1, -0.05) is 32.4 Å². The first-order valence-electron chi connectivity index (χ1n) is 12.8. The molecule has 0 aromatic rings. The van der Waals surface area contributed by atoms with Gasteiger partial charge in [0, 0.05) is 23.5 Å². The Morgan fingerprint density at radius 1 is 1.23 bits per heavy atom. The number of allylic oxidation sites excluding steroid dienone is 2. The quantitative estimate of drug-likeness (QED) is 0.572. The molecule has 10 atom stereocenters. The number of ether oxygens (including phenoxy) is 1. The lowest BCUT2D eigenvalue weighted by Gasteiger charge is -2.48. The summed E-state index contributed by atoms with van der Waals surface area (Å²) in [5, 5.41) is 14.0. The van der Waals surface area contributed by atoms with Crippen LogP contribution < -0.4 is 5.32 Å². The van der Waals surface area contributed by atoms with Crippen molar-refractivity contribution in [2.24, 2.45) is 35.0 Å². The van der Waals surface area contributed by atoms with E-state index in [4.69, 9.17) is 4.74 Å². The summed E-state index contributed by atoms with van der Waals surface area (Å²) in [4.78, 5) is 14.1. The number of rotatable bonds is 0. The van der Waals surface area contributed by atoms with Gasteiger partial charge in [-0.05, 0) is 87.2 Å². The fraction of sp³-hybridized carbons (Fsp3) is 0.815. The van der Waals surface area contributed by atoms with Crippen molar-refractivity contribution in [2.45, 2.75) is 96.5 Å². The van der Waals surface area contributed by atoms with Crippen LogP contribution in [-0.2, 0) is 9.53 Å². The first kappa shape index (κ1) is 20.6. The SMILES string of the molecule is CC1=C2C(=O)[C@@H]3[C@@H](CC=C4C[C@@H](O)CC[C@@]43C)[C@H]2CC[C@@]12O[C@@H]1C[C@@H](C)CN[C@@H]1[C@H]2C. The molecule has 31 heavy (non-hydrogen) atoms. The van der Waals surface area contributed by atoms with Gasteiger partial charge in [-0.2, -0.15) is 0 Å². The van der Waals surface area contributed by atoms with Crippen LogP contribution in [-0.4, -0.2) is 41.3 Å². The van der Waals surface area contributed by atoms with Crippen LogP contribution >= 0.6 is 0 Å². The topological polar surface area (TPSA) is 58.6 Å². The molecule has 4 heteroatoms. The number of carbonyl (C=O) groups is 1. The Balaban J connectivity index is 1.39. The zero-order valence-corrected chi connectivity index (χ0v) is 19.6. The van der Waals surface area contributed by atoms with E-state index in [2.05, 4.69) is 39.1 Å². The van der Waals surface area contributed by atoms with E-state index >= 15 is 0 Å². The van der Waals surface area contributed by atoms with E-state index in [0.717, 1.165) is 57.1 Å². The van der Waals surface area contributed by atoms with E-state index in [9.17, 15) is 9.90 Å². The third kappa shape index (κ3) is 2.62. The number of carbonyl (C=O) groups excluding carboxylic acids is 1. The van der Waals surface area contributed by atoms with Crippen LogP contribution in [0.4, 0.5) is 0 Å². The van der Waals surface area contributed by atoms with Crippen molar-refractivity contribution >= 4 is 5.78 Å². The number of piperidine rings is 1. The van der Waals surface area contributed by atoms with E-state index in [1.165, 1.54) is 11.1 Å². The summed E-state index contributed by atoms with van der Waals surface area (Å²) in [6.45, 7) is 10.3. The molecule has 6 aliphatic rings. The molecule has 1 spiro atoms. The molecule has 2 heterocycles. The first-order valence-corrected chi connectivity index (χ1v) is 12.8. The smallest absolute Gasteiger partial charge is 0.163 e. The lowest BCUT2D eigenvalue weighted by molar-refractivity contribution is -0.123. The molecule has 4 aliphatic carbocycles. The second-order valence-electron chi connectivity index (χ2n) is 12.1. The van der Waals surface area contributed by atoms with Gasteiger partial charge in [0.2, 0.25) is 0 Å². The highest BCUT2D eigenvalue weighted by molar-refractivity contribution is 6.02. The van der Waals surface area contributed by atoms with Crippen LogP contribution in [0.25, 0.3) is 0 Å². The largest absolute Gasteiger partial charge is 0.393 e. The van der Waals surface area contributed by atoms with Gasteiger partial charge in [0.05, 0.1) is 17.8 Å². The van der Waals surface area contributed by atoms with Crippen molar-refractivity contribution in [3.05, 3.63) is 22.8 Å². The van der Waals surface area contributed by atoms with Crippen LogP contribution in [0.5, 0.6) is 0 Å². The van der Waals surface area contributed by atoms with E-state index in [1.54, 1.807) is 0 Å². The highest BCUT2D eigenvalue weighted by atomic mass is 16.5. The molecule has 2 saturated heterocycles. The van der Waals surface area contributed by atoms with Gasteiger partial charge < -0.3 is 15.2 Å². The average molecular weight is 426 g/mol. The Bertz CT molecular complexity index is 876. The van der Waals surface area contributed by atoms with Gasteiger partial charge in [0.15, 0.2) is 5.78 Å². The molecule has 6 rings (SSSR count). The zero-order valence-electron chi connectivity index (χ0n) is 19.6. The number of hydrogen-bond acceptors (Lipinski definition) is 4. The molecule has 170 valence electrons. The first-order chi connectivity index (χ1) is 14.8. The highest BCUT2D eigenvalue weighted by Gasteiger charge is 2.63. The minimum atomic E-state index is -0.263. The van der Waals surface area contributed by atoms with Crippen LogP contribution in [0.3, 0.4) is 0 Å². The number of ketones is 1. The van der Waals surface area contributed by atoms with Crippen molar-refractivity contribution in [1.82, 2.24) is 5.32 Å². The van der Waals surface area contributed by atoms with Crippen LogP contribution in [0, 0.1) is 35.0 Å². The van der Waals surface area contributed by atoms with Crippen LogP contribution in [0.2, 0.25) is 0 Å². The van der Waals surface area contributed by atoms with Gasteiger partial charge in [-0.25, -0.2) is 0 Å². The Morgan fingerprint density at radius 3 is 2.84 bits per heavy atom. The maximum Gasteiger partial charge on any atom is 0.163 e. The van der Waals surface area contributed by atoms with Crippen LogP contribution in [0.1, 0.15) is 72.6 Å². The molecular weight excluding hydrogens is 386 g/mol. The number of hydrogen-bond donors (Lipinski definition) is 2. The molecule has 0 bridgehead atoms. The van der Waals surface area contributed by atoms with Crippen LogP contribution in [0.15, 0.2) is 22.8 Å². The summed E-state index contributed by atoms with van der Waals surface area (Å²) >= 11 is 0. The van der Waals surface area contributed by atoms with E-state index in [0.29, 0.717) is 35.5 Å². The van der Waals surface area contributed by atoms with E-state index in [1.807, 2.05) is 0 Å². The zero-order chi connectivity index (χ0) is 21.7. The normalized spacial score (nSPS) is 53.7. The Morgan fingerprint density at radius 2 is 2.03 bits per heavy atom. The summed E-state index contributed by atoms with van der Waals surface area (Å²) in [5.74, 6) is 2.41. The molecular formula is C27H39NO3. The molecule has 4 nitrogen and oxygen atoms in total. The number of nitrogens with one attached hydrogen (secondary N) is 1. The minimum absolute atomic E-state index is 0.0653. The van der Waals surface area contributed by atoms with Crippen molar-refractivity contribution in [2.75, 3.05) is 6.54 Å². The molecule has 0 unspecified atom stereocenters. The Hall–Kier alpha value is -0.970. The third-order valence-electron chi connectivity index (χ3n) is 10.6. The minimum Gasteiger partial charge on any atom is -0.393 e. The summed E-state index contributed by atoms with van der Waals surface area (Å²) < 4.78 is 6.93. The summed E-state index contributed by atoms with van der Waals surface area (Å²) in [6, 6.07) is 0.410. The Kier molecular flexibility index (Phi) is 4.51. The van der Waals surface area contributed by atoms with Gasteiger partial charge in [0.1, 0.15) is 0 Å². The average Bonchev–Trinajstić information content (AvgIpc) is 3.18. The Labute approximate surface area is 186 Å². The van der Waals surface area contributed by atoms with Crippen molar-refractivity contribution in [1.29, 1.82) is 0 Å². The van der Waals surface area contributed by atoms with Crippen molar-refractivity contribution < 1.29 is 14.6 Å². The predicted octanol–water partition coefficient (Wildman–Crippen LogP) is 4.18.